The van der Waals surface area contributed by atoms with Crippen LogP contribution in [0, 0.1) is 17.0 Å². The molecule has 6 nitrogen and oxygen atoms in total. The average molecular weight is 324 g/mol. The van der Waals surface area contributed by atoms with Gasteiger partial charge < -0.3 is 9.72 Å². The van der Waals surface area contributed by atoms with E-state index in [1.54, 1.807) is 13.0 Å². The maximum absolute atomic E-state index is 12.8. The monoisotopic (exact) mass is 324 g/mol. The van der Waals surface area contributed by atoms with Gasteiger partial charge in [-0.1, -0.05) is 24.3 Å². The summed E-state index contributed by atoms with van der Waals surface area (Å²) in [5, 5.41) is 11.7. The van der Waals surface area contributed by atoms with E-state index in [1.807, 2.05) is 31.2 Å². The molecule has 122 valence electrons. The maximum Gasteiger partial charge on any atom is 0.273 e. The molecule has 0 aliphatic heterocycles. The van der Waals surface area contributed by atoms with Gasteiger partial charge in [-0.05, 0) is 26.0 Å². The fourth-order valence-corrected chi connectivity index (χ4v) is 2.73. The van der Waals surface area contributed by atoms with Gasteiger partial charge in [0, 0.05) is 28.2 Å². The number of nitrogens with zero attached hydrogens (tertiary/aromatic N) is 1. The number of benzene rings is 2. The van der Waals surface area contributed by atoms with Crippen LogP contribution in [0.15, 0.2) is 48.5 Å². The highest BCUT2D eigenvalue weighted by Gasteiger charge is 2.23. The Hall–Kier alpha value is -3.15. The fraction of sp³-hybridized carbons (Fsp3) is 0.167. The van der Waals surface area contributed by atoms with Crippen molar-refractivity contribution in [3.05, 3.63) is 69.9 Å². The van der Waals surface area contributed by atoms with Crippen LogP contribution in [-0.4, -0.2) is 21.8 Å². The van der Waals surface area contributed by atoms with E-state index < -0.39 is 11.0 Å². The van der Waals surface area contributed by atoms with Gasteiger partial charge in [0.05, 0.1) is 11.0 Å². The minimum atomic E-state index is -0.759. The summed E-state index contributed by atoms with van der Waals surface area (Å²) in [6.45, 7) is 3.48. The van der Waals surface area contributed by atoms with Gasteiger partial charge in [-0.2, -0.15) is 0 Å². The number of nitrogens with one attached hydrogen (secondary N) is 1. The number of H-pyrrole nitrogens is 1. The van der Waals surface area contributed by atoms with Crippen LogP contribution in [0.4, 0.5) is 5.69 Å². The molecule has 0 saturated heterocycles. The Morgan fingerprint density at radius 3 is 2.71 bits per heavy atom. The maximum atomic E-state index is 12.8. The number of aryl methyl sites for hydroxylation is 1. The van der Waals surface area contributed by atoms with E-state index in [4.69, 9.17) is 4.74 Å². The zero-order chi connectivity index (χ0) is 17.3. The van der Waals surface area contributed by atoms with Gasteiger partial charge in [-0.3, -0.25) is 14.9 Å². The first-order valence-electron chi connectivity index (χ1n) is 7.50. The Balaban J connectivity index is 1.88. The molecule has 1 unspecified atom stereocenters. The van der Waals surface area contributed by atoms with Crippen molar-refractivity contribution in [2.45, 2.75) is 20.0 Å². The smallest absolute Gasteiger partial charge is 0.273 e. The Morgan fingerprint density at radius 1 is 1.21 bits per heavy atom. The fourth-order valence-electron chi connectivity index (χ4n) is 2.73. The van der Waals surface area contributed by atoms with Gasteiger partial charge in [-0.15, -0.1) is 0 Å². The van der Waals surface area contributed by atoms with Crippen LogP contribution in [0.2, 0.25) is 0 Å². The van der Waals surface area contributed by atoms with Gasteiger partial charge in [0.1, 0.15) is 5.75 Å². The van der Waals surface area contributed by atoms with Crippen molar-refractivity contribution >= 4 is 22.4 Å². The number of Topliss-reactive ketones (excluding diaryl/α,β-unsaturated/α-hetero) is 1. The summed E-state index contributed by atoms with van der Waals surface area (Å²) in [5.41, 5.74) is 2.18. The molecule has 0 fully saturated rings. The van der Waals surface area contributed by atoms with Crippen LogP contribution in [0.5, 0.6) is 5.75 Å². The van der Waals surface area contributed by atoms with Crippen LogP contribution < -0.4 is 4.74 Å². The SMILES string of the molecule is Cc1[nH]c2ccccc2c1C(=O)C(C)Oc1cccc([N+](=O)[O-])c1. The number of ketones is 1. The molecule has 1 atom stereocenters. The summed E-state index contributed by atoms with van der Waals surface area (Å²) in [7, 11) is 0. The third kappa shape index (κ3) is 2.86. The highest BCUT2D eigenvalue weighted by atomic mass is 16.6. The van der Waals surface area contributed by atoms with Gasteiger partial charge >= 0.3 is 0 Å². The first kappa shape index (κ1) is 15.7. The molecule has 0 aliphatic carbocycles. The molecule has 0 saturated carbocycles. The minimum absolute atomic E-state index is 0.0737. The van der Waals surface area contributed by atoms with Crippen molar-refractivity contribution in [1.29, 1.82) is 0 Å². The predicted octanol–water partition coefficient (Wildman–Crippen LogP) is 4.03. The van der Waals surface area contributed by atoms with E-state index in [1.165, 1.54) is 18.2 Å². The molecule has 1 N–H and O–H groups in total. The topological polar surface area (TPSA) is 85.2 Å². The van der Waals surface area contributed by atoms with E-state index in [9.17, 15) is 14.9 Å². The normalized spacial score (nSPS) is 12.1. The molecule has 0 aliphatic rings. The molecule has 1 aromatic heterocycles. The number of hydrogen-bond acceptors (Lipinski definition) is 4. The van der Waals surface area contributed by atoms with Gasteiger partial charge in [-0.25, -0.2) is 0 Å². The quantitative estimate of drug-likeness (QED) is 0.436. The summed E-state index contributed by atoms with van der Waals surface area (Å²) in [4.78, 5) is 26.3. The van der Waals surface area contributed by atoms with E-state index in [-0.39, 0.29) is 11.5 Å². The number of aromatic amines is 1. The molecule has 3 rings (SSSR count). The second-order valence-corrected chi connectivity index (χ2v) is 5.55. The number of carbonyl (C=O) groups excluding carboxylic acids is 1. The summed E-state index contributed by atoms with van der Waals surface area (Å²) in [6.07, 6.45) is -0.759. The molecule has 2 aromatic carbocycles. The second kappa shape index (κ2) is 6.16. The number of aromatic nitrogens is 1. The zero-order valence-corrected chi connectivity index (χ0v) is 13.3. The van der Waals surface area contributed by atoms with Gasteiger partial charge in [0.2, 0.25) is 5.78 Å². The largest absolute Gasteiger partial charge is 0.482 e. The van der Waals surface area contributed by atoms with Crippen LogP contribution in [0.25, 0.3) is 10.9 Å². The Kier molecular flexibility index (Phi) is 4.04. The highest BCUT2D eigenvalue weighted by molar-refractivity contribution is 6.11. The van der Waals surface area contributed by atoms with E-state index in [0.717, 1.165) is 16.6 Å². The van der Waals surface area contributed by atoms with Gasteiger partial charge in [0.25, 0.3) is 5.69 Å². The lowest BCUT2D eigenvalue weighted by Crippen LogP contribution is -2.24. The molecule has 6 heteroatoms. The molecule has 0 bridgehead atoms. The molecular weight excluding hydrogens is 308 g/mol. The van der Waals surface area contributed by atoms with Crippen LogP contribution in [0.1, 0.15) is 23.0 Å². The lowest BCUT2D eigenvalue weighted by Gasteiger charge is -2.13. The van der Waals surface area contributed by atoms with E-state index in [0.29, 0.717) is 11.3 Å². The first-order chi connectivity index (χ1) is 11.5. The summed E-state index contributed by atoms with van der Waals surface area (Å²) in [6, 6.07) is 13.4. The predicted molar refractivity (Wildman–Crippen MR) is 90.6 cm³/mol. The number of carbonyl (C=O) groups is 1. The van der Waals surface area contributed by atoms with Crippen molar-refractivity contribution in [3.8, 4) is 5.75 Å². The van der Waals surface area contributed by atoms with Crippen molar-refractivity contribution in [3.63, 3.8) is 0 Å². The Labute approximate surface area is 138 Å². The standard InChI is InChI=1S/C18H16N2O4/c1-11-17(15-8-3-4-9-16(15)19-11)18(21)12(2)24-14-7-5-6-13(10-14)20(22)23/h3-10,12,19H,1-2H3. The number of rotatable bonds is 5. The molecule has 0 radical (unpaired) electrons. The number of para-hydroxylation sites is 1. The Bertz CT molecular complexity index is 930. The average Bonchev–Trinajstić information content (AvgIpc) is 2.90. The highest BCUT2D eigenvalue weighted by Crippen LogP contribution is 2.25. The van der Waals surface area contributed by atoms with E-state index >= 15 is 0 Å². The van der Waals surface area contributed by atoms with Crippen molar-refractivity contribution in [2.24, 2.45) is 0 Å². The third-order valence-electron chi connectivity index (χ3n) is 3.85. The van der Waals surface area contributed by atoms with Crippen LogP contribution >= 0.6 is 0 Å². The lowest BCUT2D eigenvalue weighted by atomic mass is 10.0. The zero-order valence-electron chi connectivity index (χ0n) is 13.3. The number of fused-ring (bicyclic) bond motifs is 1. The number of hydrogen-bond donors (Lipinski definition) is 1. The Morgan fingerprint density at radius 2 is 1.96 bits per heavy atom. The molecule has 1 heterocycles. The van der Waals surface area contributed by atoms with Crippen molar-refractivity contribution in [1.82, 2.24) is 4.98 Å². The summed E-state index contributed by atoms with van der Waals surface area (Å²) < 4.78 is 5.63. The first-order valence-corrected chi connectivity index (χ1v) is 7.50. The van der Waals surface area contributed by atoms with E-state index in [2.05, 4.69) is 4.98 Å². The van der Waals surface area contributed by atoms with Crippen LogP contribution in [-0.2, 0) is 0 Å². The molecular formula is C18H16N2O4. The third-order valence-corrected chi connectivity index (χ3v) is 3.85. The lowest BCUT2D eigenvalue weighted by molar-refractivity contribution is -0.384. The minimum Gasteiger partial charge on any atom is -0.482 e. The number of nitro benzene ring substituents is 1. The number of ether oxygens (including phenoxy) is 1. The summed E-state index contributed by atoms with van der Waals surface area (Å²) >= 11 is 0. The molecule has 3 aromatic rings. The van der Waals surface area contributed by atoms with Crippen LogP contribution in [0.3, 0.4) is 0 Å². The summed E-state index contributed by atoms with van der Waals surface area (Å²) in [5.74, 6) is 0.124. The number of non-ortho nitro benzene ring substituents is 1. The number of nitro groups is 1. The van der Waals surface area contributed by atoms with Crippen molar-refractivity contribution < 1.29 is 14.5 Å². The van der Waals surface area contributed by atoms with Gasteiger partial charge in [0.15, 0.2) is 6.10 Å². The second-order valence-electron chi connectivity index (χ2n) is 5.55. The molecule has 0 amide bonds. The molecule has 24 heavy (non-hydrogen) atoms. The van der Waals surface area contributed by atoms with Crippen molar-refractivity contribution in [2.75, 3.05) is 0 Å². The molecule has 0 spiro atoms.